The largest absolute Gasteiger partial charge is 0.314 e. The average molecular weight is 288 g/mol. The van der Waals surface area contributed by atoms with Gasteiger partial charge in [0.25, 0.3) is 0 Å². The van der Waals surface area contributed by atoms with Gasteiger partial charge in [0.15, 0.2) is 0 Å². The third-order valence-corrected chi connectivity index (χ3v) is 4.95. The van der Waals surface area contributed by atoms with E-state index >= 15 is 0 Å². The monoisotopic (exact) mass is 288 g/mol. The minimum Gasteiger partial charge on any atom is -0.314 e. The van der Waals surface area contributed by atoms with Crippen molar-refractivity contribution in [1.82, 2.24) is 19.8 Å². The third kappa shape index (κ3) is 3.55. The van der Waals surface area contributed by atoms with Crippen molar-refractivity contribution in [3.05, 3.63) is 11.4 Å². The van der Waals surface area contributed by atoms with Gasteiger partial charge in [-0.2, -0.15) is 9.40 Å². The molecule has 19 heavy (non-hydrogen) atoms. The number of rotatable bonds is 8. The number of sulfonamides is 1. The van der Waals surface area contributed by atoms with Gasteiger partial charge in [0.1, 0.15) is 4.90 Å². The summed E-state index contributed by atoms with van der Waals surface area (Å²) in [6.45, 7) is 7.23. The molecule has 0 unspecified atom stereocenters. The maximum atomic E-state index is 12.7. The van der Waals surface area contributed by atoms with Crippen LogP contribution < -0.4 is 5.32 Å². The second-order valence-electron chi connectivity index (χ2n) is 4.56. The molecule has 0 saturated carbocycles. The van der Waals surface area contributed by atoms with E-state index < -0.39 is 10.0 Å². The van der Waals surface area contributed by atoms with E-state index in [0.29, 0.717) is 35.9 Å². The van der Waals surface area contributed by atoms with Crippen LogP contribution in [-0.2, 0) is 16.6 Å². The molecule has 1 rings (SSSR count). The normalized spacial score (nSPS) is 12.3. The molecule has 0 atom stereocenters. The molecule has 0 amide bonds. The zero-order valence-corrected chi connectivity index (χ0v) is 13.0. The van der Waals surface area contributed by atoms with E-state index in [1.54, 1.807) is 18.3 Å². The van der Waals surface area contributed by atoms with Crippen LogP contribution in [0.5, 0.6) is 0 Å². The van der Waals surface area contributed by atoms with Crippen LogP contribution in [0.15, 0.2) is 4.90 Å². The zero-order valence-electron chi connectivity index (χ0n) is 12.2. The first-order chi connectivity index (χ1) is 8.98. The van der Waals surface area contributed by atoms with Gasteiger partial charge in [0.2, 0.25) is 10.0 Å². The Labute approximate surface area is 115 Å². The Hall–Kier alpha value is -0.920. The topological polar surface area (TPSA) is 78.1 Å². The number of nitrogens with one attached hydrogen (secondary N) is 2. The molecular weight excluding hydrogens is 264 g/mol. The van der Waals surface area contributed by atoms with Crippen molar-refractivity contribution >= 4 is 10.0 Å². The summed E-state index contributed by atoms with van der Waals surface area (Å²) in [7, 11) is -1.69. The summed E-state index contributed by atoms with van der Waals surface area (Å²) < 4.78 is 27.0. The maximum absolute atomic E-state index is 12.7. The Morgan fingerprint density at radius 2 is 1.84 bits per heavy atom. The molecule has 0 bridgehead atoms. The van der Waals surface area contributed by atoms with E-state index in [0.717, 1.165) is 12.8 Å². The molecule has 0 aliphatic carbocycles. The number of aromatic amines is 1. The van der Waals surface area contributed by atoms with Gasteiger partial charge in [0.05, 0.1) is 11.4 Å². The number of hydrogen-bond acceptors (Lipinski definition) is 4. The minimum absolute atomic E-state index is 0.323. The van der Waals surface area contributed by atoms with Crippen LogP contribution in [0.3, 0.4) is 0 Å². The molecule has 0 radical (unpaired) electrons. The molecule has 6 nitrogen and oxygen atoms in total. The number of aryl methyl sites for hydroxylation is 1. The van der Waals surface area contributed by atoms with E-state index in [1.807, 2.05) is 13.8 Å². The molecule has 110 valence electrons. The molecule has 0 spiro atoms. The fraction of sp³-hybridized carbons (Fsp3) is 0.750. The first kappa shape index (κ1) is 16.1. The van der Waals surface area contributed by atoms with Gasteiger partial charge >= 0.3 is 0 Å². The van der Waals surface area contributed by atoms with Crippen LogP contribution in [0.25, 0.3) is 0 Å². The Morgan fingerprint density at radius 3 is 2.32 bits per heavy atom. The number of hydrogen-bond donors (Lipinski definition) is 2. The van der Waals surface area contributed by atoms with Gasteiger partial charge in [-0.3, -0.25) is 5.10 Å². The Kier molecular flexibility index (Phi) is 5.96. The molecule has 7 heteroatoms. The smallest absolute Gasteiger partial charge is 0.246 e. The Bertz CT molecular complexity index is 490. The third-order valence-electron chi connectivity index (χ3n) is 2.85. The lowest BCUT2D eigenvalue weighted by Crippen LogP contribution is -2.33. The first-order valence-corrected chi connectivity index (χ1v) is 8.11. The van der Waals surface area contributed by atoms with Crippen molar-refractivity contribution in [2.45, 2.75) is 45.1 Å². The van der Waals surface area contributed by atoms with E-state index in [-0.39, 0.29) is 0 Å². The van der Waals surface area contributed by atoms with Gasteiger partial charge in [0, 0.05) is 19.6 Å². The number of aromatic nitrogens is 2. The Balaban J connectivity index is 3.20. The molecule has 2 N–H and O–H groups in total. The van der Waals surface area contributed by atoms with Gasteiger partial charge in [-0.05, 0) is 26.8 Å². The fourth-order valence-electron chi connectivity index (χ4n) is 2.08. The summed E-state index contributed by atoms with van der Waals surface area (Å²) in [4.78, 5) is 0.323. The van der Waals surface area contributed by atoms with Crippen LogP contribution >= 0.6 is 0 Å². The van der Waals surface area contributed by atoms with Crippen molar-refractivity contribution in [2.24, 2.45) is 0 Å². The van der Waals surface area contributed by atoms with E-state index in [4.69, 9.17) is 0 Å². The quantitative estimate of drug-likeness (QED) is 0.754. The molecule has 0 aromatic carbocycles. The summed E-state index contributed by atoms with van der Waals surface area (Å²) in [5.74, 6) is 0. The summed E-state index contributed by atoms with van der Waals surface area (Å²) in [5.41, 5.74) is 1.15. The highest BCUT2D eigenvalue weighted by molar-refractivity contribution is 7.89. The summed E-state index contributed by atoms with van der Waals surface area (Å²) >= 11 is 0. The van der Waals surface area contributed by atoms with Gasteiger partial charge in [-0.1, -0.05) is 13.8 Å². The van der Waals surface area contributed by atoms with Crippen LogP contribution in [0.1, 0.15) is 38.1 Å². The summed E-state index contributed by atoms with van der Waals surface area (Å²) in [5, 5.41) is 9.80. The van der Waals surface area contributed by atoms with Gasteiger partial charge in [-0.15, -0.1) is 0 Å². The fourth-order valence-corrected chi connectivity index (χ4v) is 4.03. The first-order valence-electron chi connectivity index (χ1n) is 6.67. The van der Waals surface area contributed by atoms with E-state index in [2.05, 4.69) is 15.5 Å². The van der Waals surface area contributed by atoms with Crippen LogP contribution in [0.4, 0.5) is 0 Å². The van der Waals surface area contributed by atoms with Crippen molar-refractivity contribution in [3.8, 4) is 0 Å². The molecule has 0 saturated heterocycles. The highest BCUT2D eigenvalue weighted by Crippen LogP contribution is 2.22. The van der Waals surface area contributed by atoms with Crippen LogP contribution in [-0.4, -0.2) is 43.1 Å². The van der Waals surface area contributed by atoms with Crippen molar-refractivity contribution in [1.29, 1.82) is 0 Å². The second-order valence-corrected chi connectivity index (χ2v) is 6.43. The van der Waals surface area contributed by atoms with Gasteiger partial charge < -0.3 is 5.32 Å². The lowest BCUT2D eigenvalue weighted by Gasteiger charge is -2.21. The molecule has 1 aromatic heterocycles. The number of H-pyrrole nitrogens is 1. The second kappa shape index (κ2) is 7.02. The van der Waals surface area contributed by atoms with Crippen molar-refractivity contribution in [2.75, 3.05) is 20.1 Å². The highest BCUT2D eigenvalue weighted by atomic mass is 32.2. The van der Waals surface area contributed by atoms with E-state index in [1.165, 1.54) is 0 Å². The van der Waals surface area contributed by atoms with Gasteiger partial charge in [-0.25, -0.2) is 8.42 Å². The molecule has 1 aromatic rings. The summed E-state index contributed by atoms with van der Waals surface area (Å²) in [6.07, 6.45) is 1.61. The van der Waals surface area contributed by atoms with E-state index in [9.17, 15) is 8.42 Å². The maximum Gasteiger partial charge on any atom is 0.246 e. The zero-order chi connectivity index (χ0) is 14.5. The molecule has 0 aliphatic heterocycles. The van der Waals surface area contributed by atoms with Crippen molar-refractivity contribution < 1.29 is 8.42 Å². The summed E-state index contributed by atoms with van der Waals surface area (Å²) in [6, 6.07) is 0. The standard InChI is InChI=1S/C12H24N4O2S/c1-5-7-16(8-6-2)19(17,18)12-10(3)14-15-11(12)9-13-4/h13H,5-9H2,1-4H3,(H,14,15). The Morgan fingerprint density at radius 1 is 1.26 bits per heavy atom. The molecule has 1 heterocycles. The predicted molar refractivity (Wildman–Crippen MR) is 75.4 cm³/mol. The molecular formula is C12H24N4O2S. The average Bonchev–Trinajstić information content (AvgIpc) is 2.71. The lowest BCUT2D eigenvalue weighted by atomic mass is 10.4. The predicted octanol–water partition coefficient (Wildman–Crippen LogP) is 1.25. The molecule has 0 fully saturated rings. The minimum atomic E-state index is -3.47. The lowest BCUT2D eigenvalue weighted by molar-refractivity contribution is 0.409. The highest BCUT2D eigenvalue weighted by Gasteiger charge is 2.29. The molecule has 0 aliphatic rings. The number of nitrogens with zero attached hydrogens (tertiary/aromatic N) is 2. The van der Waals surface area contributed by atoms with Crippen molar-refractivity contribution in [3.63, 3.8) is 0 Å². The van der Waals surface area contributed by atoms with Crippen LogP contribution in [0.2, 0.25) is 0 Å². The van der Waals surface area contributed by atoms with Crippen LogP contribution in [0, 0.1) is 6.92 Å². The SMILES string of the molecule is CCCN(CCC)S(=O)(=O)c1c(CNC)n[nH]c1C.